The lowest BCUT2D eigenvalue weighted by Crippen LogP contribution is -2.26. The highest BCUT2D eigenvalue weighted by Gasteiger charge is 2.20. The number of hydrogen-bond donors (Lipinski definition) is 2. The van der Waals surface area contributed by atoms with Gasteiger partial charge in [-0.2, -0.15) is 0 Å². The Labute approximate surface area is 313 Å². The molecular formula is C43H89O6P. The van der Waals surface area contributed by atoms with Crippen molar-refractivity contribution in [1.29, 1.82) is 0 Å². The molecule has 0 spiro atoms. The van der Waals surface area contributed by atoms with Crippen molar-refractivity contribution in [3.63, 3.8) is 0 Å². The van der Waals surface area contributed by atoms with Gasteiger partial charge in [0.15, 0.2) is 0 Å². The average Bonchev–Trinajstić information content (AvgIpc) is 3.00. The molecule has 2 unspecified atom stereocenters. The number of hydrogen-bond acceptors (Lipinski definition) is 4. The molecular weight excluding hydrogens is 643 g/mol. The lowest BCUT2D eigenvalue weighted by atomic mass is 9.91. The molecule has 0 aromatic heterocycles. The summed E-state index contributed by atoms with van der Waals surface area (Å²) in [6.45, 7) is 24.9. The summed E-state index contributed by atoms with van der Waals surface area (Å²) in [6.07, 6.45) is 25.3. The van der Waals surface area contributed by atoms with Gasteiger partial charge >= 0.3 is 7.82 Å². The maximum absolute atomic E-state index is 11.3. The minimum absolute atomic E-state index is 0.156. The van der Waals surface area contributed by atoms with Crippen LogP contribution in [0.4, 0.5) is 0 Å². The zero-order valence-corrected chi connectivity index (χ0v) is 36.0. The zero-order valence-electron chi connectivity index (χ0n) is 35.1. The van der Waals surface area contributed by atoms with Crippen LogP contribution in [0.1, 0.15) is 198 Å². The van der Waals surface area contributed by atoms with Crippen molar-refractivity contribution in [3.05, 3.63) is 0 Å². The van der Waals surface area contributed by atoms with Gasteiger partial charge in [-0.05, 0) is 60.2 Å². The second-order valence-electron chi connectivity index (χ2n) is 17.9. The van der Waals surface area contributed by atoms with E-state index in [0.29, 0.717) is 31.7 Å². The third-order valence-corrected chi connectivity index (χ3v) is 11.5. The normalized spacial score (nSPS) is 16.8. The summed E-state index contributed by atoms with van der Waals surface area (Å²) < 4.78 is 28.1. The molecule has 7 atom stereocenters. The Bertz CT molecular complexity index is 785. The van der Waals surface area contributed by atoms with E-state index in [1.807, 2.05) is 0 Å². The van der Waals surface area contributed by atoms with Gasteiger partial charge in [0.05, 0.1) is 13.2 Å². The van der Waals surface area contributed by atoms with Crippen LogP contribution in [0, 0.1) is 47.3 Å². The highest BCUT2D eigenvalue weighted by molar-refractivity contribution is 7.46. The van der Waals surface area contributed by atoms with Gasteiger partial charge in [0.25, 0.3) is 0 Å². The fraction of sp³-hybridized carbons (Fsp3) is 1.00. The summed E-state index contributed by atoms with van der Waals surface area (Å²) in [4.78, 5) is 18.5. The summed E-state index contributed by atoms with van der Waals surface area (Å²) >= 11 is 0. The molecule has 0 aliphatic heterocycles. The van der Waals surface area contributed by atoms with Crippen molar-refractivity contribution >= 4 is 7.82 Å². The molecule has 0 bridgehead atoms. The fourth-order valence-electron chi connectivity index (χ4n) is 7.13. The van der Waals surface area contributed by atoms with Crippen LogP contribution in [0.3, 0.4) is 0 Å². The number of phosphoric ester groups is 1. The van der Waals surface area contributed by atoms with Gasteiger partial charge in [0.1, 0.15) is 6.10 Å². The largest absolute Gasteiger partial charge is 0.469 e. The van der Waals surface area contributed by atoms with Crippen LogP contribution in [-0.4, -0.2) is 42.3 Å². The molecule has 0 amide bonds. The molecule has 50 heavy (non-hydrogen) atoms. The molecule has 0 heterocycles. The van der Waals surface area contributed by atoms with Crippen LogP contribution in [-0.2, 0) is 18.6 Å². The van der Waals surface area contributed by atoms with Crippen molar-refractivity contribution in [2.24, 2.45) is 47.3 Å². The van der Waals surface area contributed by atoms with Gasteiger partial charge in [0, 0.05) is 13.2 Å². The SMILES string of the molecule is CC(C)CCC[C@H](C)CCC[C@H](C)CCCC(C)CCOC[C@@H](COP(=O)(O)O)OCCC(C)CCC[C@@H](C)CCC[C@@H](C)CCCC(C)C. The van der Waals surface area contributed by atoms with Gasteiger partial charge in [-0.15, -0.1) is 0 Å². The Kier molecular flexibility index (Phi) is 31.4. The van der Waals surface area contributed by atoms with Gasteiger partial charge in [-0.25, -0.2) is 4.57 Å². The summed E-state index contributed by atoms with van der Waals surface area (Å²) in [7, 11) is -4.55. The van der Waals surface area contributed by atoms with Crippen molar-refractivity contribution in [2.75, 3.05) is 26.4 Å². The first-order valence-corrected chi connectivity index (χ1v) is 23.0. The maximum atomic E-state index is 11.3. The van der Waals surface area contributed by atoms with E-state index in [1.165, 1.54) is 116 Å². The van der Waals surface area contributed by atoms with E-state index in [2.05, 4.69) is 69.2 Å². The Morgan fingerprint density at radius 1 is 0.420 bits per heavy atom. The Morgan fingerprint density at radius 2 is 0.720 bits per heavy atom. The Morgan fingerprint density at radius 3 is 1.04 bits per heavy atom. The van der Waals surface area contributed by atoms with Gasteiger partial charge in [-0.1, -0.05) is 185 Å². The second-order valence-corrected chi connectivity index (χ2v) is 19.2. The van der Waals surface area contributed by atoms with Crippen LogP contribution >= 0.6 is 7.82 Å². The van der Waals surface area contributed by atoms with Crippen LogP contribution in [0.15, 0.2) is 0 Å². The van der Waals surface area contributed by atoms with Crippen LogP contribution in [0.25, 0.3) is 0 Å². The molecule has 0 rings (SSSR count). The maximum Gasteiger partial charge on any atom is 0.469 e. The first kappa shape index (κ1) is 50.0. The molecule has 2 N–H and O–H groups in total. The van der Waals surface area contributed by atoms with E-state index >= 15 is 0 Å². The van der Waals surface area contributed by atoms with Crippen molar-refractivity contribution < 1.29 is 28.3 Å². The highest BCUT2D eigenvalue weighted by atomic mass is 31.2. The zero-order chi connectivity index (χ0) is 37.8. The van der Waals surface area contributed by atoms with Crippen LogP contribution in [0.5, 0.6) is 0 Å². The standard InChI is InChI=1S/C43H89O6P/c1-35(2)17-11-19-37(5)21-13-23-39(7)25-15-27-41(9)29-31-47-33-43(34-49-50(44,45)46)48-32-30-42(10)28-16-26-40(8)24-14-22-38(6)20-12-18-36(3)4/h35-43H,11-34H2,1-10H3,(H2,44,45,46)/t37-,38-,39-,40-,41?,42?,43-/m0/s1. The summed E-state index contributed by atoms with van der Waals surface area (Å²) in [5.74, 6) is 6.10. The number of rotatable bonds is 36. The first-order valence-electron chi connectivity index (χ1n) is 21.5. The van der Waals surface area contributed by atoms with E-state index in [0.717, 1.165) is 48.3 Å². The highest BCUT2D eigenvalue weighted by Crippen LogP contribution is 2.36. The molecule has 0 aliphatic carbocycles. The van der Waals surface area contributed by atoms with Gasteiger partial charge in [0.2, 0.25) is 0 Å². The van der Waals surface area contributed by atoms with Crippen LogP contribution < -0.4 is 0 Å². The van der Waals surface area contributed by atoms with E-state index in [1.54, 1.807) is 0 Å². The lowest BCUT2D eigenvalue weighted by Gasteiger charge is -2.21. The average molecular weight is 733 g/mol. The molecule has 0 aromatic rings. The molecule has 0 fully saturated rings. The predicted octanol–water partition coefficient (Wildman–Crippen LogP) is 13.4. The Hall–Kier alpha value is 0.0300. The molecule has 0 saturated carbocycles. The van der Waals surface area contributed by atoms with Gasteiger partial charge < -0.3 is 19.3 Å². The van der Waals surface area contributed by atoms with Crippen LogP contribution in [0.2, 0.25) is 0 Å². The summed E-state index contributed by atoms with van der Waals surface area (Å²) in [6, 6.07) is 0. The first-order chi connectivity index (χ1) is 23.6. The summed E-state index contributed by atoms with van der Waals surface area (Å²) in [5.41, 5.74) is 0. The minimum Gasteiger partial charge on any atom is -0.379 e. The molecule has 302 valence electrons. The Balaban J connectivity index is 4.15. The molecule has 7 heteroatoms. The molecule has 0 aromatic carbocycles. The van der Waals surface area contributed by atoms with Crippen molar-refractivity contribution in [1.82, 2.24) is 0 Å². The third-order valence-electron chi connectivity index (χ3n) is 11.0. The van der Waals surface area contributed by atoms with Gasteiger partial charge in [-0.3, -0.25) is 4.52 Å². The number of phosphoric acid groups is 1. The van der Waals surface area contributed by atoms with E-state index < -0.39 is 13.9 Å². The molecule has 0 aliphatic rings. The molecule has 0 saturated heterocycles. The predicted molar refractivity (Wildman–Crippen MR) is 216 cm³/mol. The van der Waals surface area contributed by atoms with Crippen molar-refractivity contribution in [3.8, 4) is 0 Å². The van der Waals surface area contributed by atoms with Crippen molar-refractivity contribution in [2.45, 2.75) is 204 Å². The smallest absolute Gasteiger partial charge is 0.379 e. The molecule has 6 nitrogen and oxygen atoms in total. The topological polar surface area (TPSA) is 85.2 Å². The third kappa shape index (κ3) is 35.1. The van der Waals surface area contributed by atoms with E-state index in [4.69, 9.17) is 14.0 Å². The fourth-order valence-corrected chi connectivity index (χ4v) is 7.49. The molecule has 0 radical (unpaired) electrons. The minimum atomic E-state index is -4.55. The van der Waals surface area contributed by atoms with E-state index in [9.17, 15) is 14.4 Å². The monoisotopic (exact) mass is 733 g/mol. The van der Waals surface area contributed by atoms with E-state index in [-0.39, 0.29) is 6.61 Å². The number of ether oxygens (including phenoxy) is 2. The second kappa shape index (κ2) is 31.4. The summed E-state index contributed by atoms with van der Waals surface area (Å²) in [5, 5.41) is 0. The lowest BCUT2D eigenvalue weighted by molar-refractivity contribution is -0.0462. The quantitative estimate of drug-likeness (QED) is 0.0493.